The molecular formula is C16H12F4N4. The normalized spacial score (nSPS) is 17.9. The van der Waals surface area contributed by atoms with Crippen molar-refractivity contribution in [3.63, 3.8) is 0 Å². The van der Waals surface area contributed by atoms with Crippen molar-refractivity contribution in [2.24, 2.45) is 0 Å². The molecule has 124 valence electrons. The smallest absolute Gasteiger partial charge is 0.224 e. The first-order valence-electron chi connectivity index (χ1n) is 7.01. The highest BCUT2D eigenvalue weighted by molar-refractivity contribution is 5.95. The first-order valence-corrected chi connectivity index (χ1v) is 7.01. The van der Waals surface area contributed by atoms with Gasteiger partial charge in [-0.15, -0.1) is 0 Å². The van der Waals surface area contributed by atoms with E-state index in [0.717, 1.165) is 0 Å². The molecule has 0 aliphatic heterocycles. The van der Waals surface area contributed by atoms with Crippen LogP contribution in [0, 0.1) is 5.95 Å². The van der Waals surface area contributed by atoms with Gasteiger partial charge in [0, 0.05) is 36.2 Å². The molecule has 0 fully saturated rings. The third kappa shape index (κ3) is 2.75. The molecule has 1 N–H and O–H groups in total. The summed E-state index contributed by atoms with van der Waals surface area (Å²) in [6.07, 6.45) is 0.470. The SMILES string of the molecule is C=C(C)Nc1c(C2=C(F)C=C(F)CC2F)c(F)nc2nccnc12. The molecule has 0 aromatic carbocycles. The molecule has 2 aromatic heterocycles. The Bertz CT molecular complexity index is 904. The van der Waals surface area contributed by atoms with Gasteiger partial charge < -0.3 is 5.32 Å². The van der Waals surface area contributed by atoms with Crippen LogP contribution in [0.4, 0.5) is 23.2 Å². The van der Waals surface area contributed by atoms with Gasteiger partial charge >= 0.3 is 0 Å². The Morgan fingerprint density at radius 2 is 1.96 bits per heavy atom. The lowest BCUT2D eigenvalue weighted by Crippen LogP contribution is -2.15. The van der Waals surface area contributed by atoms with E-state index in [1.54, 1.807) is 6.92 Å². The van der Waals surface area contributed by atoms with Gasteiger partial charge in [-0.2, -0.15) is 9.37 Å². The van der Waals surface area contributed by atoms with Crippen LogP contribution in [0.5, 0.6) is 0 Å². The largest absolute Gasteiger partial charge is 0.357 e. The number of nitrogens with one attached hydrogen (secondary N) is 1. The lowest BCUT2D eigenvalue weighted by molar-refractivity contribution is 0.370. The maximum Gasteiger partial charge on any atom is 0.224 e. The first kappa shape index (κ1) is 16.1. The Morgan fingerprint density at radius 1 is 1.25 bits per heavy atom. The fourth-order valence-corrected chi connectivity index (χ4v) is 2.51. The minimum absolute atomic E-state index is 0.0124. The second-order valence-electron chi connectivity index (χ2n) is 5.31. The van der Waals surface area contributed by atoms with E-state index in [2.05, 4.69) is 26.8 Å². The zero-order valence-electron chi connectivity index (χ0n) is 12.6. The van der Waals surface area contributed by atoms with Crippen LogP contribution >= 0.6 is 0 Å². The van der Waals surface area contributed by atoms with E-state index in [-0.39, 0.29) is 16.9 Å². The Labute approximate surface area is 134 Å². The molecule has 0 amide bonds. The summed E-state index contributed by atoms with van der Waals surface area (Å²) in [5.41, 5.74) is -0.585. The number of nitrogens with zero attached hydrogens (tertiary/aromatic N) is 3. The van der Waals surface area contributed by atoms with Crippen LogP contribution in [0.1, 0.15) is 18.9 Å². The van der Waals surface area contributed by atoms with E-state index < -0.39 is 41.3 Å². The lowest BCUT2D eigenvalue weighted by atomic mass is 9.93. The highest BCUT2D eigenvalue weighted by Gasteiger charge is 2.31. The van der Waals surface area contributed by atoms with Crippen molar-refractivity contribution in [1.29, 1.82) is 0 Å². The van der Waals surface area contributed by atoms with Gasteiger partial charge in [0.25, 0.3) is 0 Å². The lowest BCUT2D eigenvalue weighted by Gasteiger charge is -2.21. The molecule has 0 radical (unpaired) electrons. The van der Waals surface area contributed by atoms with Crippen molar-refractivity contribution in [1.82, 2.24) is 15.0 Å². The second kappa shape index (κ2) is 6.03. The number of pyridine rings is 1. The summed E-state index contributed by atoms with van der Waals surface area (Å²) in [5.74, 6) is -3.28. The van der Waals surface area contributed by atoms with Crippen LogP contribution in [0.25, 0.3) is 16.7 Å². The molecule has 0 bridgehead atoms. The molecule has 24 heavy (non-hydrogen) atoms. The van der Waals surface area contributed by atoms with Crippen LogP contribution in [0.2, 0.25) is 0 Å². The van der Waals surface area contributed by atoms with Crippen LogP contribution in [-0.2, 0) is 0 Å². The van der Waals surface area contributed by atoms with Gasteiger partial charge in [0.1, 0.15) is 23.3 Å². The highest BCUT2D eigenvalue weighted by atomic mass is 19.2. The van der Waals surface area contributed by atoms with Crippen molar-refractivity contribution in [2.75, 3.05) is 5.32 Å². The van der Waals surface area contributed by atoms with Crippen molar-refractivity contribution < 1.29 is 17.6 Å². The number of aromatic nitrogens is 3. The Hall–Kier alpha value is -2.77. The summed E-state index contributed by atoms with van der Waals surface area (Å²) in [7, 11) is 0. The maximum atomic E-state index is 14.5. The van der Waals surface area contributed by atoms with Gasteiger partial charge in [0.05, 0.1) is 11.3 Å². The van der Waals surface area contributed by atoms with Crippen LogP contribution in [0.3, 0.4) is 0 Å². The second-order valence-corrected chi connectivity index (χ2v) is 5.31. The highest BCUT2D eigenvalue weighted by Crippen LogP contribution is 2.41. The summed E-state index contributed by atoms with van der Waals surface area (Å²) in [5, 5.41) is 2.75. The zero-order chi connectivity index (χ0) is 17.4. The average molecular weight is 336 g/mol. The number of alkyl halides is 1. The van der Waals surface area contributed by atoms with E-state index in [1.807, 2.05) is 0 Å². The standard InChI is InChI=1S/C16H12F4N4/c1-7(2)23-13-12(11-9(18)5-8(17)6-10(11)19)15(20)24-16-14(13)21-3-4-22-16/h3-5,10H,1,6H2,2H3,(H,22,23,24). The average Bonchev–Trinajstić information content (AvgIpc) is 2.48. The molecule has 2 heterocycles. The molecule has 1 aliphatic carbocycles. The minimum atomic E-state index is -2.05. The topological polar surface area (TPSA) is 50.7 Å². The summed E-state index contributed by atoms with van der Waals surface area (Å²) >= 11 is 0. The van der Waals surface area contributed by atoms with E-state index in [0.29, 0.717) is 11.8 Å². The molecule has 1 aliphatic rings. The number of allylic oxidation sites excluding steroid dienone is 5. The minimum Gasteiger partial charge on any atom is -0.357 e. The molecule has 3 rings (SSSR count). The van der Waals surface area contributed by atoms with Crippen LogP contribution in [0.15, 0.2) is 42.4 Å². The van der Waals surface area contributed by atoms with E-state index in [9.17, 15) is 17.6 Å². The fourth-order valence-electron chi connectivity index (χ4n) is 2.51. The van der Waals surface area contributed by atoms with Crippen molar-refractivity contribution >= 4 is 22.4 Å². The fraction of sp³-hybridized carbons (Fsp3) is 0.188. The van der Waals surface area contributed by atoms with Gasteiger partial charge in [-0.05, 0) is 6.92 Å². The quantitative estimate of drug-likeness (QED) is 0.667. The predicted molar refractivity (Wildman–Crippen MR) is 82.5 cm³/mol. The summed E-state index contributed by atoms with van der Waals surface area (Å²) in [4.78, 5) is 11.5. The Balaban J connectivity index is 2.37. The van der Waals surface area contributed by atoms with Crippen molar-refractivity contribution in [3.8, 4) is 0 Å². The number of halogens is 4. The molecule has 1 unspecified atom stereocenters. The molecule has 0 spiro atoms. The monoisotopic (exact) mass is 336 g/mol. The Morgan fingerprint density at radius 3 is 2.62 bits per heavy atom. The van der Waals surface area contributed by atoms with E-state index in [4.69, 9.17) is 0 Å². The number of fused-ring (bicyclic) bond motifs is 1. The third-order valence-corrected chi connectivity index (χ3v) is 3.41. The van der Waals surface area contributed by atoms with Crippen molar-refractivity contribution in [2.45, 2.75) is 19.5 Å². The van der Waals surface area contributed by atoms with Gasteiger partial charge in [0.2, 0.25) is 5.95 Å². The molecule has 8 heteroatoms. The van der Waals surface area contributed by atoms with E-state index >= 15 is 0 Å². The third-order valence-electron chi connectivity index (χ3n) is 3.41. The molecule has 1 atom stereocenters. The maximum absolute atomic E-state index is 14.5. The number of anilines is 1. The van der Waals surface area contributed by atoms with Crippen LogP contribution in [-0.4, -0.2) is 21.1 Å². The molecule has 0 saturated carbocycles. The summed E-state index contributed by atoms with van der Waals surface area (Å²) < 4.78 is 56.2. The first-order chi connectivity index (χ1) is 11.4. The number of hydrogen-bond acceptors (Lipinski definition) is 4. The zero-order valence-corrected chi connectivity index (χ0v) is 12.6. The summed E-state index contributed by atoms with van der Waals surface area (Å²) in [6, 6.07) is 0. The molecule has 4 nitrogen and oxygen atoms in total. The van der Waals surface area contributed by atoms with E-state index in [1.165, 1.54) is 12.4 Å². The van der Waals surface area contributed by atoms with Gasteiger partial charge in [-0.25, -0.2) is 23.1 Å². The molecular weight excluding hydrogens is 324 g/mol. The Kier molecular flexibility index (Phi) is 4.04. The molecule has 0 saturated heterocycles. The number of hydrogen-bond donors (Lipinski definition) is 1. The molecule has 2 aromatic rings. The summed E-state index contributed by atoms with van der Waals surface area (Å²) in [6.45, 7) is 5.23. The van der Waals surface area contributed by atoms with Gasteiger partial charge in [-0.3, -0.25) is 0 Å². The predicted octanol–water partition coefficient (Wildman–Crippen LogP) is 4.39. The number of rotatable bonds is 3. The van der Waals surface area contributed by atoms with Gasteiger partial charge in [-0.1, -0.05) is 6.58 Å². The van der Waals surface area contributed by atoms with Gasteiger partial charge in [0.15, 0.2) is 5.65 Å². The van der Waals surface area contributed by atoms with Crippen molar-refractivity contribution in [3.05, 3.63) is 53.9 Å². The van der Waals surface area contributed by atoms with Crippen LogP contribution < -0.4 is 5.32 Å².